The lowest BCUT2D eigenvalue weighted by Crippen LogP contribution is -2.18. The van der Waals surface area contributed by atoms with Crippen molar-refractivity contribution in [1.82, 2.24) is 5.32 Å². The number of rotatable bonds is 4. The molecule has 0 bridgehead atoms. The molecular weight excluding hydrogens is 226 g/mol. The number of benzene rings is 2. The highest BCUT2D eigenvalue weighted by atomic mass is 16.3. The minimum absolute atomic E-state index is 0.205. The highest BCUT2D eigenvalue weighted by Gasteiger charge is 2.13. The van der Waals surface area contributed by atoms with E-state index in [1.54, 1.807) is 24.3 Å². The summed E-state index contributed by atoms with van der Waals surface area (Å²) in [6.45, 7) is 0.801. The third kappa shape index (κ3) is 2.81. The van der Waals surface area contributed by atoms with Crippen LogP contribution in [0.15, 0.2) is 48.5 Å². The third-order valence-electron chi connectivity index (χ3n) is 3.00. The van der Waals surface area contributed by atoms with E-state index in [0.717, 1.165) is 17.7 Å². The van der Waals surface area contributed by atoms with E-state index in [-0.39, 0.29) is 17.4 Å². The zero-order chi connectivity index (χ0) is 13.0. The minimum Gasteiger partial charge on any atom is -0.508 e. The van der Waals surface area contributed by atoms with Crippen molar-refractivity contribution in [3.63, 3.8) is 0 Å². The Morgan fingerprint density at radius 3 is 1.56 bits per heavy atom. The largest absolute Gasteiger partial charge is 0.508 e. The second-order valence-corrected chi connectivity index (χ2v) is 4.29. The molecule has 0 aliphatic rings. The normalized spacial score (nSPS) is 10.8. The summed E-state index contributed by atoms with van der Waals surface area (Å²) >= 11 is 0. The lowest BCUT2D eigenvalue weighted by Gasteiger charge is -2.17. The Balaban J connectivity index is 2.33. The van der Waals surface area contributed by atoms with E-state index in [1.165, 1.54) is 0 Å². The van der Waals surface area contributed by atoms with Crippen LogP contribution in [-0.4, -0.2) is 23.8 Å². The first-order valence-corrected chi connectivity index (χ1v) is 5.93. The predicted octanol–water partition coefficient (Wildman–Crippen LogP) is 2.45. The van der Waals surface area contributed by atoms with Crippen molar-refractivity contribution in [2.24, 2.45) is 0 Å². The Bertz CT molecular complexity index is 445. The van der Waals surface area contributed by atoms with Gasteiger partial charge in [-0.25, -0.2) is 0 Å². The molecule has 0 aliphatic carbocycles. The van der Waals surface area contributed by atoms with Gasteiger partial charge in [-0.3, -0.25) is 0 Å². The van der Waals surface area contributed by atoms with Crippen LogP contribution >= 0.6 is 0 Å². The molecule has 94 valence electrons. The predicted molar refractivity (Wildman–Crippen MR) is 72.0 cm³/mol. The molecule has 3 nitrogen and oxygen atoms in total. The van der Waals surface area contributed by atoms with Crippen LogP contribution < -0.4 is 5.32 Å². The minimum atomic E-state index is 0.205. The van der Waals surface area contributed by atoms with Crippen molar-refractivity contribution in [3.8, 4) is 11.5 Å². The van der Waals surface area contributed by atoms with Crippen molar-refractivity contribution in [1.29, 1.82) is 0 Å². The van der Waals surface area contributed by atoms with Crippen LogP contribution in [0, 0.1) is 0 Å². The highest BCUT2D eigenvalue weighted by Crippen LogP contribution is 2.26. The highest BCUT2D eigenvalue weighted by molar-refractivity contribution is 5.37. The maximum atomic E-state index is 9.33. The summed E-state index contributed by atoms with van der Waals surface area (Å²) in [5, 5.41) is 21.8. The van der Waals surface area contributed by atoms with Crippen LogP contribution in [0.25, 0.3) is 0 Å². The molecular formula is C15H17NO2. The second-order valence-electron chi connectivity index (χ2n) is 4.29. The van der Waals surface area contributed by atoms with E-state index in [0.29, 0.717) is 0 Å². The molecule has 2 rings (SSSR count). The molecule has 0 aliphatic heterocycles. The third-order valence-corrected chi connectivity index (χ3v) is 3.00. The molecule has 3 heteroatoms. The Morgan fingerprint density at radius 1 is 0.833 bits per heavy atom. The zero-order valence-corrected chi connectivity index (χ0v) is 10.3. The van der Waals surface area contributed by atoms with Crippen LogP contribution in [-0.2, 0) is 0 Å². The molecule has 2 aromatic rings. The van der Waals surface area contributed by atoms with Crippen LogP contribution in [0.4, 0.5) is 0 Å². The number of hydrogen-bond donors (Lipinski definition) is 3. The number of phenolic OH excluding ortho intramolecular Hbond substituents is 2. The molecule has 2 aromatic carbocycles. The van der Waals surface area contributed by atoms with Gasteiger partial charge in [-0.05, 0) is 42.4 Å². The number of phenols is 2. The van der Waals surface area contributed by atoms with Crippen molar-refractivity contribution >= 4 is 0 Å². The van der Waals surface area contributed by atoms with Gasteiger partial charge in [0, 0.05) is 12.5 Å². The van der Waals surface area contributed by atoms with Crippen molar-refractivity contribution in [2.75, 3.05) is 13.6 Å². The Labute approximate surface area is 107 Å². The first-order chi connectivity index (χ1) is 8.70. The Hall–Kier alpha value is -2.00. The lowest BCUT2D eigenvalue weighted by atomic mass is 9.91. The molecule has 0 aromatic heterocycles. The van der Waals surface area contributed by atoms with Gasteiger partial charge in [-0.1, -0.05) is 24.3 Å². The van der Waals surface area contributed by atoms with Crippen LogP contribution in [0.3, 0.4) is 0 Å². The molecule has 0 spiro atoms. The van der Waals surface area contributed by atoms with Crippen LogP contribution in [0.5, 0.6) is 11.5 Å². The number of nitrogens with one attached hydrogen (secondary N) is 1. The molecule has 0 radical (unpaired) electrons. The number of aromatic hydroxyl groups is 2. The van der Waals surface area contributed by atoms with Gasteiger partial charge in [0.15, 0.2) is 0 Å². The Kier molecular flexibility index (Phi) is 3.85. The van der Waals surface area contributed by atoms with E-state index < -0.39 is 0 Å². The molecule has 0 unspecified atom stereocenters. The lowest BCUT2D eigenvalue weighted by molar-refractivity contribution is 0.475. The maximum Gasteiger partial charge on any atom is 0.115 e. The second kappa shape index (κ2) is 5.56. The molecule has 0 amide bonds. The van der Waals surface area contributed by atoms with Crippen molar-refractivity contribution in [2.45, 2.75) is 5.92 Å². The van der Waals surface area contributed by atoms with Gasteiger partial charge in [-0.2, -0.15) is 0 Å². The van der Waals surface area contributed by atoms with Gasteiger partial charge in [-0.15, -0.1) is 0 Å². The fraction of sp³-hybridized carbons (Fsp3) is 0.200. The monoisotopic (exact) mass is 243 g/mol. The summed E-state index contributed by atoms with van der Waals surface area (Å²) in [6.07, 6.45) is 0. The van der Waals surface area contributed by atoms with E-state index in [9.17, 15) is 10.2 Å². The molecule has 0 heterocycles. The summed E-state index contributed by atoms with van der Waals surface area (Å²) < 4.78 is 0. The fourth-order valence-electron chi connectivity index (χ4n) is 2.05. The molecule has 0 fully saturated rings. The molecule has 0 saturated carbocycles. The summed E-state index contributed by atoms with van der Waals surface area (Å²) in [5.74, 6) is 0.747. The smallest absolute Gasteiger partial charge is 0.115 e. The van der Waals surface area contributed by atoms with Gasteiger partial charge in [0.05, 0.1) is 0 Å². The summed E-state index contributed by atoms with van der Waals surface area (Å²) in [5.41, 5.74) is 2.26. The first kappa shape index (κ1) is 12.5. The van der Waals surface area contributed by atoms with Crippen molar-refractivity contribution < 1.29 is 10.2 Å². The van der Waals surface area contributed by atoms with Gasteiger partial charge >= 0.3 is 0 Å². The van der Waals surface area contributed by atoms with Gasteiger partial charge in [0.1, 0.15) is 11.5 Å². The molecule has 18 heavy (non-hydrogen) atoms. The fourth-order valence-corrected chi connectivity index (χ4v) is 2.05. The standard InChI is InChI=1S/C15H17NO2/c1-16-10-15(11-2-6-13(17)7-3-11)12-4-8-14(18)9-5-12/h2-9,15-18H,10H2,1H3. The van der Waals surface area contributed by atoms with Gasteiger partial charge in [0.25, 0.3) is 0 Å². The van der Waals surface area contributed by atoms with Crippen LogP contribution in [0.2, 0.25) is 0 Å². The quantitative estimate of drug-likeness (QED) is 0.773. The summed E-state index contributed by atoms with van der Waals surface area (Å²) in [4.78, 5) is 0. The van der Waals surface area contributed by atoms with E-state index >= 15 is 0 Å². The number of likely N-dealkylation sites (N-methyl/N-ethyl adjacent to an activating group) is 1. The average Bonchev–Trinajstić information content (AvgIpc) is 2.39. The topological polar surface area (TPSA) is 52.5 Å². The average molecular weight is 243 g/mol. The van der Waals surface area contributed by atoms with E-state index in [1.807, 2.05) is 31.3 Å². The van der Waals surface area contributed by atoms with Crippen molar-refractivity contribution in [3.05, 3.63) is 59.7 Å². The van der Waals surface area contributed by atoms with Crippen LogP contribution in [0.1, 0.15) is 17.0 Å². The number of hydrogen-bond acceptors (Lipinski definition) is 3. The summed E-state index contributed by atoms with van der Waals surface area (Å²) in [6, 6.07) is 14.5. The summed E-state index contributed by atoms with van der Waals surface area (Å²) in [7, 11) is 1.91. The molecule has 3 N–H and O–H groups in total. The zero-order valence-electron chi connectivity index (χ0n) is 10.3. The van der Waals surface area contributed by atoms with E-state index in [2.05, 4.69) is 5.32 Å². The van der Waals surface area contributed by atoms with Gasteiger partial charge in [0.2, 0.25) is 0 Å². The van der Waals surface area contributed by atoms with Gasteiger partial charge < -0.3 is 15.5 Å². The Morgan fingerprint density at radius 2 is 1.22 bits per heavy atom. The molecule has 0 atom stereocenters. The van der Waals surface area contributed by atoms with E-state index in [4.69, 9.17) is 0 Å². The first-order valence-electron chi connectivity index (χ1n) is 5.93. The molecule has 0 saturated heterocycles. The maximum absolute atomic E-state index is 9.33. The SMILES string of the molecule is CNCC(c1ccc(O)cc1)c1ccc(O)cc1.